The third-order valence-corrected chi connectivity index (χ3v) is 5.40. The van der Waals surface area contributed by atoms with Gasteiger partial charge in [-0.2, -0.15) is 0 Å². The summed E-state index contributed by atoms with van der Waals surface area (Å²) in [5.41, 5.74) is 0. The molecule has 0 radical (unpaired) electrons. The number of carbonyl (C=O) groups excluding carboxylic acids is 3. The lowest BCUT2D eigenvalue weighted by Gasteiger charge is -2.37. The number of nitrogens with zero attached hydrogens (tertiary/aromatic N) is 3. The summed E-state index contributed by atoms with van der Waals surface area (Å²) >= 11 is 0. The monoisotopic (exact) mass is 321 g/mol. The molecule has 0 atom stereocenters. The molecule has 128 valence electrons. The average molecular weight is 321 g/mol. The van der Waals surface area contributed by atoms with Gasteiger partial charge >= 0.3 is 0 Å². The zero-order chi connectivity index (χ0) is 16.2. The first-order chi connectivity index (χ1) is 11.1. The van der Waals surface area contributed by atoms with Crippen molar-refractivity contribution >= 4 is 17.7 Å². The molecule has 3 rings (SSSR count). The second kappa shape index (κ2) is 7.32. The largest absolute Gasteiger partial charge is 0.339 e. The van der Waals surface area contributed by atoms with Crippen molar-refractivity contribution in [2.24, 2.45) is 5.92 Å². The van der Waals surface area contributed by atoms with Crippen LogP contribution in [0.1, 0.15) is 44.9 Å². The molecule has 0 spiro atoms. The van der Waals surface area contributed by atoms with E-state index >= 15 is 0 Å². The number of rotatable bonds is 3. The van der Waals surface area contributed by atoms with Crippen molar-refractivity contribution in [1.29, 1.82) is 0 Å². The predicted molar refractivity (Wildman–Crippen MR) is 85.5 cm³/mol. The van der Waals surface area contributed by atoms with Crippen LogP contribution in [0.25, 0.3) is 0 Å². The highest BCUT2D eigenvalue weighted by Crippen LogP contribution is 2.27. The maximum atomic E-state index is 12.4. The molecule has 0 aromatic carbocycles. The van der Waals surface area contributed by atoms with Crippen molar-refractivity contribution in [2.45, 2.75) is 44.9 Å². The standard InChI is InChI=1S/C17H27N3O3/c21-15-7-3-4-8-20(15)13-16(22)18-9-11-19(12-10-18)17(23)14-5-1-2-6-14/h14H,1-13H2. The van der Waals surface area contributed by atoms with Crippen LogP contribution in [-0.2, 0) is 14.4 Å². The SMILES string of the molecule is O=C(CN1CCCCC1=O)N1CCN(C(=O)C2CCCC2)CC1. The molecular weight excluding hydrogens is 294 g/mol. The zero-order valence-corrected chi connectivity index (χ0v) is 13.8. The van der Waals surface area contributed by atoms with E-state index in [0.717, 1.165) is 25.7 Å². The van der Waals surface area contributed by atoms with Gasteiger partial charge < -0.3 is 14.7 Å². The summed E-state index contributed by atoms with van der Waals surface area (Å²) in [6.45, 7) is 3.36. The lowest BCUT2D eigenvalue weighted by Crippen LogP contribution is -2.54. The van der Waals surface area contributed by atoms with Gasteiger partial charge in [-0.3, -0.25) is 14.4 Å². The first-order valence-electron chi connectivity index (χ1n) is 8.99. The normalized spacial score (nSPS) is 23.5. The van der Waals surface area contributed by atoms with Gasteiger partial charge in [-0.1, -0.05) is 12.8 Å². The summed E-state index contributed by atoms with van der Waals surface area (Å²) in [4.78, 5) is 42.0. The summed E-state index contributed by atoms with van der Waals surface area (Å²) in [5, 5.41) is 0. The van der Waals surface area contributed by atoms with Gasteiger partial charge in [0.1, 0.15) is 0 Å². The molecular formula is C17H27N3O3. The van der Waals surface area contributed by atoms with Crippen molar-refractivity contribution in [3.8, 4) is 0 Å². The topological polar surface area (TPSA) is 60.9 Å². The Hall–Kier alpha value is -1.59. The maximum absolute atomic E-state index is 12.4. The van der Waals surface area contributed by atoms with Crippen LogP contribution >= 0.6 is 0 Å². The second-order valence-corrected chi connectivity index (χ2v) is 6.96. The van der Waals surface area contributed by atoms with Gasteiger partial charge in [-0.25, -0.2) is 0 Å². The van der Waals surface area contributed by atoms with Crippen LogP contribution in [0.4, 0.5) is 0 Å². The minimum absolute atomic E-state index is 0.0215. The molecule has 0 aromatic heterocycles. The summed E-state index contributed by atoms with van der Waals surface area (Å²) in [7, 11) is 0. The predicted octanol–water partition coefficient (Wildman–Crippen LogP) is 0.860. The van der Waals surface area contributed by atoms with Crippen LogP contribution < -0.4 is 0 Å². The highest BCUT2D eigenvalue weighted by Gasteiger charge is 2.31. The van der Waals surface area contributed by atoms with Crippen LogP contribution in [0.2, 0.25) is 0 Å². The molecule has 0 aromatic rings. The van der Waals surface area contributed by atoms with Crippen molar-refractivity contribution in [1.82, 2.24) is 14.7 Å². The van der Waals surface area contributed by atoms with E-state index in [2.05, 4.69) is 0 Å². The number of amides is 3. The molecule has 0 bridgehead atoms. The highest BCUT2D eigenvalue weighted by atomic mass is 16.2. The van der Waals surface area contributed by atoms with Gasteiger partial charge in [0, 0.05) is 45.1 Å². The molecule has 3 aliphatic rings. The number of piperidine rings is 1. The van der Waals surface area contributed by atoms with Crippen LogP contribution in [-0.4, -0.2) is 71.7 Å². The molecule has 3 amide bonds. The highest BCUT2D eigenvalue weighted by molar-refractivity contribution is 5.85. The molecule has 6 heteroatoms. The van der Waals surface area contributed by atoms with Gasteiger partial charge in [0.2, 0.25) is 17.7 Å². The lowest BCUT2D eigenvalue weighted by molar-refractivity contribution is -0.145. The summed E-state index contributed by atoms with van der Waals surface area (Å²) in [6.07, 6.45) is 6.87. The van der Waals surface area contributed by atoms with E-state index in [4.69, 9.17) is 0 Å². The molecule has 0 N–H and O–H groups in total. The van der Waals surface area contributed by atoms with Crippen molar-refractivity contribution < 1.29 is 14.4 Å². The van der Waals surface area contributed by atoms with Crippen molar-refractivity contribution in [3.63, 3.8) is 0 Å². The Balaban J connectivity index is 1.45. The molecule has 3 fully saturated rings. The Kier molecular flexibility index (Phi) is 5.18. The van der Waals surface area contributed by atoms with E-state index in [1.54, 1.807) is 9.80 Å². The number of hydrogen-bond donors (Lipinski definition) is 0. The van der Waals surface area contributed by atoms with Crippen molar-refractivity contribution in [3.05, 3.63) is 0 Å². The molecule has 1 aliphatic carbocycles. The van der Waals surface area contributed by atoms with E-state index in [0.29, 0.717) is 39.1 Å². The minimum Gasteiger partial charge on any atom is -0.339 e. The fourth-order valence-electron chi connectivity index (χ4n) is 3.90. The number of carbonyl (C=O) groups is 3. The molecule has 6 nitrogen and oxygen atoms in total. The van der Waals surface area contributed by atoms with Gasteiger partial charge in [0.15, 0.2) is 0 Å². The Bertz CT molecular complexity index is 466. The van der Waals surface area contributed by atoms with Crippen LogP contribution in [0.5, 0.6) is 0 Å². The van der Waals surface area contributed by atoms with E-state index < -0.39 is 0 Å². The number of hydrogen-bond acceptors (Lipinski definition) is 3. The summed E-state index contributed by atoms with van der Waals surface area (Å²) in [5.74, 6) is 0.608. The van der Waals surface area contributed by atoms with E-state index in [-0.39, 0.29) is 30.2 Å². The molecule has 2 saturated heterocycles. The molecule has 1 saturated carbocycles. The minimum atomic E-state index is 0.0215. The van der Waals surface area contributed by atoms with Crippen LogP contribution in [0.15, 0.2) is 0 Å². The zero-order valence-electron chi connectivity index (χ0n) is 13.8. The van der Waals surface area contributed by atoms with Crippen LogP contribution in [0, 0.1) is 5.92 Å². The van der Waals surface area contributed by atoms with Gasteiger partial charge in [-0.15, -0.1) is 0 Å². The lowest BCUT2D eigenvalue weighted by atomic mass is 10.1. The smallest absolute Gasteiger partial charge is 0.242 e. The number of piperazine rings is 1. The van der Waals surface area contributed by atoms with Gasteiger partial charge in [0.05, 0.1) is 6.54 Å². The van der Waals surface area contributed by atoms with E-state index in [9.17, 15) is 14.4 Å². The molecule has 0 unspecified atom stereocenters. The second-order valence-electron chi connectivity index (χ2n) is 6.96. The third kappa shape index (κ3) is 3.85. The molecule has 2 aliphatic heterocycles. The average Bonchev–Trinajstić information content (AvgIpc) is 3.11. The van der Waals surface area contributed by atoms with Gasteiger partial charge in [-0.05, 0) is 25.7 Å². The molecule has 2 heterocycles. The number of likely N-dealkylation sites (tertiary alicyclic amines) is 1. The fraction of sp³-hybridized carbons (Fsp3) is 0.824. The Morgan fingerprint density at radius 3 is 2.17 bits per heavy atom. The Morgan fingerprint density at radius 1 is 0.870 bits per heavy atom. The first-order valence-corrected chi connectivity index (χ1v) is 8.99. The third-order valence-electron chi connectivity index (χ3n) is 5.40. The maximum Gasteiger partial charge on any atom is 0.242 e. The quantitative estimate of drug-likeness (QED) is 0.774. The summed E-state index contributed by atoms with van der Waals surface area (Å²) in [6, 6.07) is 0. The Morgan fingerprint density at radius 2 is 1.52 bits per heavy atom. The van der Waals surface area contributed by atoms with Gasteiger partial charge in [0.25, 0.3) is 0 Å². The first kappa shape index (κ1) is 16.3. The summed E-state index contributed by atoms with van der Waals surface area (Å²) < 4.78 is 0. The van der Waals surface area contributed by atoms with Crippen LogP contribution in [0.3, 0.4) is 0 Å². The fourth-order valence-corrected chi connectivity index (χ4v) is 3.90. The Labute approximate surface area is 137 Å². The molecule has 23 heavy (non-hydrogen) atoms. The van der Waals surface area contributed by atoms with E-state index in [1.165, 1.54) is 12.8 Å². The van der Waals surface area contributed by atoms with Crippen molar-refractivity contribution in [2.75, 3.05) is 39.3 Å². The van der Waals surface area contributed by atoms with E-state index in [1.807, 2.05) is 4.90 Å².